The van der Waals surface area contributed by atoms with Crippen LogP contribution in [0.5, 0.6) is 0 Å². The van der Waals surface area contributed by atoms with Crippen molar-refractivity contribution in [2.75, 3.05) is 32.1 Å². The van der Waals surface area contributed by atoms with Gasteiger partial charge in [0.05, 0.1) is 13.2 Å². The minimum atomic E-state index is 0.703. The van der Waals surface area contributed by atoms with Gasteiger partial charge in [-0.3, -0.25) is 4.99 Å². The maximum absolute atomic E-state index is 5.29. The molecule has 0 aromatic rings. The molecule has 0 aromatic heterocycles. The van der Waals surface area contributed by atoms with E-state index < -0.39 is 0 Å². The predicted molar refractivity (Wildman–Crippen MR) is 51.7 cm³/mol. The summed E-state index contributed by atoms with van der Waals surface area (Å²) in [5, 5.41) is 4.48. The van der Waals surface area contributed by atoms with Gasteiger partial charge in [-0.25, -0.2) is 0 Å². The highest BCUT2D eigenvalue weighted by Crippen LogP contribution is 2.13. The zero-order valence-electron chi connectivity index (χ0n) is 7.08. The van der Waals surface area contributed by atoms with E-state index in [4.69, 9.17) is 4.74 Å². The second-order valence-electron chi connectivity index (χ2n) is 3.15. The van der Waals surface area contributed by atoms with Crippen LogP contribution in [0, 0.1) is 5.92 Å². The molecule has 1 unspecified atom stereocenters. The number of aliphatic imine (C=N–C) groups is 1. The summed E-state index contributed by atoms with van der Waals surface area (Å²) in [6.45, 7) is 3.87. The van der Waals surface area contributed by atoms with Crippen LogP contribution in [0.2, 0.25) is 0 Å². The van der Waals surface area contributed by atoms with E-state index in [-0.39, 0.29) is 0 Å². The summed E-state index contributed by atoms with van der Waals surface area (Å²) in [7, 11) is 0. The molecule has 2 heterocycles. The molecule has 0 aliphatic carbocycles. The van der Waals surface area contributed by atoms with Crippen molar-refractivity contribution >= 4 is 16.9 Å². The van der Waals surface area contributed by atoms with E-state index in [1.54, 1.807) is 0 Å². The van der Waals surface area contributed by atoms with Gasteiger partial charge >= 0.3 is 0 Å². The van der Waals surface area contributed by atoms with E-state index in [0.717, 1.165) is 37.2 Å². The Morgan fingerprint density at radius 2 is 2.67 bits per heavy atom. The first kappa shape index (κ1) is 8.38. The van der Waals surface area contributed by atoms with Gasteiger partial charge in [-0.1, -0.05) is 11.8 Å². The van der Waals surface area contributed by atoms with Crippen molar-refractivity contribution in [3.8, 4) is 0 Å². The van der Waals surface area contributed by atoms with Gasteiger partial charge in [0, 0.05) is 24.8 Å². The average Bonchev–Trinajstić information content (AvgIpc) is 2.74. The number of ether oxygens (including phenoxy) is 1. The van der Waals surface area contributed by atoms with Crippen LogP contribution in [-0.2, 0) is 4.74 Å². The van der Waals surface area contributed by atoms with Gasteiger partial charge < -0.3 is 10.1 Å². The monoisotopic (exact) mass is 186 g/mol. The van der Waals surface area contributed by atoms with E-state index in [1.807, 2.05) is 11.8 Å². The van der Waals surface area contributed by atoms with Crippen molar-refractivity contribution in [1.82, 2.24) is 5.32 Å². The van der Waals surface area contributed by atoms with E-state index in [9.17, 15) is 0 Å². The van der Waals surface area contributed by atoms with Gasteiger partial charge in [0.25, 0.3) is 0 Å². The van der Waals surface area contributed by atoms with Crippen LogP contribution < -0.4 is 5.32 Å². The van der Waals surface area contributed by atoms with Crippen LogP contribution in [-0.4, -0.2) is 37.2 Å². The molecule has 2 rings (SSSR count). The van der Waals surface area contributed by atoms with Gasteiger partial charge in [-0.2, -0.15) is 0 Å². The fourth-order valence-corrected chi connectivity index (χ4v) is 2.16. The van der Waals surface area contributed by atoms with Gasteiger partial charge in [-0.15, -0.1) is 0 Å². The Morgan fingerprint density at radius 1 is 1.67 bits per heavy atom. The van der Waals surface area contributed by atoms with Gasteiger partial charge in [0.15, 0.2) is 5.17 Å². The van der Waals surface area contributed by atoms with Crippen molar-refractivity contribution in [1.29, 1.82) is 0 Å². The summed E-state index contributed by atoms with van der Waals surface area (Å²) in [5.74, 6) is 1.85. The van der Waals surface area contributed by atoms with E-state index in [1.165, 1.54) is 6.42 Å². The van der Waals surface area contributed by atoms with Gasteiger partial charge in [-0.05, 0) is 6.42 Å². The van der Waals surface area contributed by atoms with E-state index >= 15 is 0 Å². The third-order valence-electron chi connectivity index (χ3n) is 2.15. The van der Waals surface area contributed by atoms with Gasteiger partial charge in [0.2, 0.25) is 0 Å². The first-order valence-electron chi connectivity index (χ1n) is 4.44. The number of hydrogen-bond acceptors (Lipinski definition) is 4. The molecule has 0 amide bonds. The standard InChI is InChI=1S/C8H14N2OS/c1-3-11-6-7(1)5-10-8-9-2-4-12-8/h7H,1-6H2,(H,9,10). The first-order chi connectivity index (χ1) is 5.95. The van der Waals surface area contributed by atoms with Crippen LogP contribution in [0.3, 0.4) is 0 Å². The Labute approximate surface area is 77.0 Å². The molecule has 0 spiro atoms. The largest absolute Gasteiger partial charge is 0.381 e. The smallest absolute Gasteiger partial charge is 0.156 e. The quantitative estimate of drug-likeness (QED) is 0.690. The number of hydrogen-bond donors (Lipinski definition) is 1. The average molecular weight is 186 g/mol. The number of amidine groups is 1. The topological polar surface area (TPSA) is 33.6 Å². The SMILES string of the molecule is C1CSC(NCC2CCOC2)=N1. The fourth-order valence-electron chi connectivity index (χ4n) is 1.42. The first-order valence-corrected chi connectivity index (χ1v) is 5.42. The zero-order chi connectivity index (χ0) is 8.23. The zero-order valence-corrected chi connectivity index (χ0v) is 7.90. The Morgan fingerprint density at radius 3 is 3.33 bits per heavy atom. The van der Waals surface area contributed by atoms with E-state index in [0.29, 0.717) is 5.92 Å². The number of thioether (sulfide) groups is 1. The Balaban J connectivity index is 1.67. The highest BCUT2D eigenvalue weighted by atomic mass is 32.2. The summed E-state index contributed by atoms with van der Waals surface area (Å²) in [4.78, 5) is 4.32. The molecular formula is C8H14N2OS. The molecule has 0 saturated carbocycles. The maximum Gasteiger partial charge on any atom is 0.156 e. The van der Waals surface area contributed by atoms with Crippen molar-refractivity contribution in [3.63, 3.8) is 0 Å². The Bertz CT molecular complexity index is 178. The third kappa shape index (κ3) is 2.14. The third-order valence-corrected chi connectivity index (χ3v) is 3.09. The van der Waals surface area contributed by atoms with E-state index in [2.05, 4.69) is 10.3 Å². The minimum Gasteiger partial charge on any atom is -0.381 e. The molecule has 0 radical (unpaired) electrons. The number of nitrogens with zero attached hydrogens (tertiary/aromatic N) is 1. The van der Waals surface area contributed by atoms with Crippen molar-refractivity contribution in [2.24, 2.45) is 10.9 Å². The molecule has 4 heteroatoms. The highest BCUT2D eigenvalue weighted by molar-refractivity contribution is 8.14. The second-order valence-corrected chi connectivity index (χ2v) is 4.23. The molecule has 0 bridgehead atoms. The summed E-state index contributed by atoms with van der Waals surface area (Å²) < 4.78 is 5.29. The molecule has 1 saturated heterocycles. The highest BCUT2D eigenvalue weighted by Gasteiger charge is 2.16. The van der Waals surface area contributed by atoms with Crippen LogP contribution in [0.4, 0.5) is 0 Å². The van der Waals surface area contributed by atoms with Crippen LogP contribution >= 0.6 is 11.8 Å². The molecule has 2 aliphatic rings. The lowest BCUT2D eigenvalue weighted by molar-refractivity contribution is 0.186. The van der Waals surface area contributed by atoms with Crippen LogP contribution in [0.15, 0.2) is 4.99 Å². The molecule has 1 fully saturated rings. The molecule has 0 aromatic carbocycles. The summed E-state index contributed by atoms with van der Waals surface area (Å²) in [6, 6.07) is 0. The van der Waals surface area contributed by atoms with Crippen molar-refractivity contribution < 1.29 is 4.74 Å². The Kier molecular flexibility index (Phi) is 2.89. The van der Waals surface area contributed by atoms with Crippen LogP contribution in [0.1, 0.15) is 6.42 Å². The van der Waals surface area contributed by atoms with Crippen molar-refractivity contribution in [2.45, 2.75) is 6.42 Å². The number of nitrogens with one attached hydrogen (secondary N) is 1. The predicted octanol–water partition coefficient (Wildman–Crippen LogP) is 0.715. The number of rotatable bonds is 2. The van der Waals surface area contributed by atoms with Crippen LogP contribution in [0.25, 0.3) is 0 Å². The molecule has 1 N–H and O–H groups in total. The maximum atomic E-state index is 5.29. The van der Waals surface area contributed by atoms with Crippen molar-refractivity contribution in [3.05, 3.63) is 0 Å². The second kappa shape index (κ2) is 4.14. The normalized spacial score (nSPS) is 29.0. The minimum absolute atomic E-state index is 0.703. The molecule has 2 aliphatic heterocycles. The lowest BCUT2D eigenvalue weighted by atomic mass is 10.1. The molecule has 12 heavy (non-hydrogen) atoms. The van der Waals surface area contributed by atoms with Gasteiger partial charge in [0.1, 0.15) is 0 Å². The Hall–Kier alpha value is -0.220. The fraction of sp³-hybridized carbons (Fsp3) is 0.875. The summed E-state index contributed by atoms with van der Waals surface area (Å²) in [5.41, 5.74) is 0. The molecular weight excluding hydrogens is 172 g/mol. The summed E-state index contributed by atoms with van der Waals surface area (Å²) >= 11 is 1.82. The summed E-state index contributed by atoms with van der Waals surface area (Å²) in [6.07, 6.45) is 1.20. The molecule has 68 valence electrons. The molecule has 3 nitrogen and oxygen atoms in total. The molecule has 1 atom stereocenters. The lowest BCUT2D eigenvalue weighted by Crippen LogP contribution is -2.26. The lowest BCUT2D eigenvalue weighted by Gasteiger charge is -2.08.